The van der Waals surface area contributed by atoms with E-state index in [1.807, 2.05) is 12.1 Å². The molecule has 0 aliphatic heterocycles. The average Bonchev–Trinajstić information content (AvgIpc) is 3.02. The Bertz CT molecular complexity index is 1810. The molecule has 206 valence electrons. The number of rotatable bonds is 8. The highest BCUT2D eigenvalue weighted by atomic mass is 14.2. The average molecular weight is 543 g/mol. The van der Waals surface area contributed by atoms with Crippen molar-refractivity contribution in [2.45, 2.75) is 27.7 Å². The maximum atomic E-state index is 4.52. The van der Waals surface area contributed by atoms with Crippen molar-refractivity contribution < 1.29 is 0 Å². The lowest BCUT2D eigenvalue weighted by Gasteiger charge is -2.23. The number of aryl methyl sites for hydroxylation is 2. The van der Waals surface area contributed by atoms with Gasteiger partial charge in [0.2, 0.25) is 0 Å². The summed E-state index contributed by atoms with van der Waals surface area (Å²) in [5.74, 6) is 0. The first-order valence-electron chi connectivity index (χ1n) is 14.5. The van der Waals surface area contributed by atoms with Crippen molar-refractivity contribution in [1.82, 2.24) is 0 Å². The molecule has 0 spiro atoms. The fraction of sp³-hybridized carbons (Fsp3) is 0.0952. The summed E-state index contributed by atoms with van der Waals surface area (Å²) in [5, 5.41) is 0. The molecule has 0 radical (unpaired) electrons. The quantitative estimate of drug-likeness (QED) is 0.171. The van der Waals surface area contributed by atoms with Crippen LogP contribution >= 0.6 is 0 Å². The molecule has 5 aromatic carbocycles. The van der Waals surface area contributed by atoms with E-state index in [2.05, 4.69) is 162 Å². The summed E-state index contributed by atoms with van der Waals surface area (Å²) in [6.07, 6.45) is 6.57. The number of hydrogen-bond acceptors (Lipinski definition) is 0. The molecule has 0 unspecified atom stereocenters. The normalized spacial score (nSPS) is 11.8. The fourth-order valence-electron chi connectivity index (χ4n) is 5.76. The molecule has 5 rings (SSSR count). The van der Waals surface area contributed by atoms with Gasteiger partial charge in [0, 0.05) is 0 Å². The van der Waals surface area contributed by atoms with Crippen LogP contribution in [0.15, 0.2) is 141 Å². The van der Waals surface area contributed by atoms with E-state index in [4.69, 9.17) is 0 Å². The Morgan fingerprint density at radius 3 is 1.69 bits per heavy atom. The van der Waals surface area contributed by atoms with Gasteiger partial charge < -0.3 is 0 Å². The molecule has 0 N–H and O–H groups in total. The molecule has 5 aromatic rings. The van der Waals surface area contributed by atoms with Gasteiger partial charge >= 0.3 is 0 Å². The van der Waals surface area contributed by atoms with Crippen molar-refractivity contribution in [2.24, 2.45) is 0 Å². The molecule has 0 atom stereocenters. The summed E-state index contributed by atoms with van der Waals surface area (Å²) in [5.41, 5.74) is 16.5. The third-order valence-corrected chi connectivity index (χ3v) is 8.07. The Labute approximate surface area is 251 Å². The Balaban J connectivity index is 1.88. The molecule has 0 fully saturated rings. The van der Waals surface area contributed by atoms with Crippen LogP contribution in [0, 0.1) is 20.8 Å². The van der Waals surface area contributed by atoms with E-state index >= 15 is 0 Å². The third kappa shape index (κ3) is 5.90. The van der Waals surface area contributed by atoms with Gasteiger partial charge in [-0.15, -0.1) is 0 Å². The second-order valence-electron chi connectivity index (χ2n) is 10.9. The first-order valence-corrected chi connectivity index (χ1v) is 14.5. The summed E-state index contributed by atoms with van der Waals surface area (Å²) in [7, 11) is 0. The van der Waals surface area contributed by atoms with Crippen molar-refractivity contribution >= 4 is 22.8 Å². The predicted molar refractivity (Wildman–Crippen MR) is 185 cm³/mol. The van der Waals surface area contributed by atoms with Gasteiger partial charge in [-0.25, -0.2) is 0 Å². The van der Waals surface area contributed by atoms with Gasteiger partial charge in [0.25, 0.3) is 0 Å². The van der Waals surface area contributed by atoms with Crippen LogP contribution in [-0.2, 0) is 0 Å². The zero-order chi connectivity index (χ0) is 29.6. The number of benzene rings is 5. The Hall–Kier alpha value is -4.94. The topological polar surface area (TPSA) is 0 Å². The standard InChI is InChI=1S/C42H38/c1-7-37-33(6)42(39-25-17-15-19-30(39)3)40(28-41(37)38-24-16-14-18-29(38)2)36(26-31(4)34-20-10-8-11-21-34)27-32(5)35-22-12-9-13-23-35/h7-28H,1,4H2,2-3,5-6H3/b32-27+,36-26+. The smallest absolute Gasteiger partial charge is 0.00670 e. The molecule has 0 saturated heterocycles. The first-order chi connectivity index (χ1) is 20.4. The van der Waals surface area contributed by atoms with Crippen LogP contribution in [0.25, 0.3) is 45.0 Å². The van der Waals surface area contributed by atoms with Crippen molar-refractivity contribution in [2.75, 3.05) is 0 Å². The minimum absolute atomic E-state index is 0.973. The van der Waals surface area contributed by atoms with E-state index in [1.54, 1.807) is 0 Å². The Kier molecular flexibility index (Phi) is 8.65. The van der Waals surface area contributed by atoms with E-state index in [9.17, 15) is 0 Å². The summed E-state index contributed by atoms with van der Waals surface area (Å²) >= 11 is 0. The zero-order valence-corrected chi connectivity index (χ0v) is 25.1. The van der Waals surface area contributed by atoms with Crippen molar-refractivity contribution in [1.29, 1.82) is 0 Å². The van der Waals surface area contributed by atoms with Gasteiger partial charge in [0.05, 0.1) is 0 Å². The molecule has 0 saturated carbocycles. The SMILES string of the molecule is C=Cc1c(-c2ccccc2C)cc(C(/C=C(\C)c2ccccc2)=C/C(=C)c2ccccc2)c(-c2ccccc2C)c1C. The van der Waals surface area contributed by atoms with Crippen LogP contribution < -0.4 is 0 Å². The fourth-order valence-corrected chi connectivity index (χ4v) is 5.76. The van der Waals surface area contributed by atoms with E-state index in [0.29, 0.717) is 0 Å². The van der Waals surface area contributed by atoms with Crippen LogP contribution in [0.3, 0.4) is 0 Å². The molecule has 0 aliphatic rings. The van der Waals surface area contributed by atoms with Crippen molar-refractivity contribution in [3.05, 3.63) is 180 Å². The number of hydrogen-bond donors (Lipinski definition) is 0. The van der Waals surface area contributed by atoms with Crippen molar-refractivity contribution in [3.8, 4) is 22.3 Å². The lowest BCUT2D eigenvalue weighted by molar-refractivity contribution is 1.37. The highest BCUT2D eigenvalue weighted by Gasteiger charge is 2.20. The third-order valence-electron chi connectivity index (χ3n) is 8.07. The highest BCUT2D eigenvalue weighted by Crippen LogP contribution is 2.43. The molecular formula is C42H38. The monoisotopic (exact) mass is 542 g/mol. The summed E-state index contributed by atoms with van der Waals surface area (Å²) < 4.78 is 0. The van der Waals surface area contributed by atoms with Crippen LogP contribution in [0.4, 0.5) is 0 Å². The summed E-state index contributed by atoms with van der Waals surface area (Å²) in [4.78, 5) is 0. The maximum absolute atomic E-state index is 4.52. The zero-order valence-electron chi connectivity index (χ0n) is 25.1. The molecule has 0 nitrogen and oxygen atoms in total. The second kappa shape index (κ2) is 12.7. The lowest BCUT2D eigenvalue weighted by atomic mass is 9.81. The summed E-state index contributed by atoms with van der Waals surface area (Å²) in [6.45, 7) is 17.6. The van der Waals surface area contributed by atoms with Gasteiger partial charge in [-0.05, 0) is 118 Å². The first kappa shape index (κ1) is 28.6. The van der Waals surface area contributed by atoms with Crippen LogP contribution in [0.2, 0.25) is 0 Å². The number of allylic oxidation sites excluding steroid dienone is 5. The maximum Gasteiger partial charge on any atom is -0.00670 e. The van der Waals surface area contributed by atoms with E-state index in [-0.39, 0.29) is 0 Å². The largest absolute Gasteiger partial charge is 0.0984 e. The van der Waals surface area contributed by atoms with Crippen LogP contribution in [0.5, 0.6) is 0 Å². The second-order valence-corrected chi connectivity index (χ2v) is 10.9. The minimum atomic E-state index is 0.973. The van der Waals surface area contributed by atoms with E-state index < -0.39 is 0 Å². The predicted octanol–water partition coefficient (Wildman–Crippen LogP) is 11.8. The van der Waals surface area contributed by atoms with Crippen LogP contribution in [0.1, 0.15) is 45.9 Å². The molecular weight excluding hydrogens is 504 g/mol. The molecule has 42 heavy (non-hydrogen) atoms. The van der Waals surface area contributed by atoms with Gasteiger partial charge in [-0.3, -0.25) is 0 Å². The molecule has 0 aromatic heterocycles. The van der Waals surface area contributed by atoms with Gasteiger partial charge in [0.15, 0.2) is 0 Å². The van der Waals surface area contributed by atoms with Crippen LogP contribution in [-0.4, -0.2) is 0 Å². The molecule has 0 aliphatic carbocycles. The van der Waals surface area contributed by atoms with Gasteiger partial charge in [-0.1, -0.05) is 135 Å². The minimum Gasteiger partial charge on any atom is -0.0984 e. The molecule has 0 amide bonds. The van der Waals surface area contributed by atoms with E-state index in [0.717, 1.165) is 22.3 Å². The van der Waals surface area contributed by atoms with Gasteiger partial charge in [-0.2, -0.15) is 0 Å². The van der Waals surface area contributed by atoms with Crippen molar-refractivity contribution in [3.63, 3.8) is 0 Å². The molecule has 0 heterocycles. The molecule has 0 bridgehead atoms. The van der Waals surface area contributed by atoms with Gasteiger partial charge in [0.1, 0.15) is 0 Å². The Morgan fingerprint density at radius 2 is 1.12 bits per heavy atom. The lowest BCUT2D eigenvalue weighted by Crippen LogP contribution is -2.01. The Morgan fingerprint density at radius 1 is 0.595 bits per heavy atom. The highest BCUT2D eigenvalue weighted by molar-refractivity contribution is 5.99. The summed E-state index contributed by atoms with van der Waals surface area (Å²) in [6, 6.07) is 40.7. The molecule has 0 heteroatoms. The van der Waals surface area contributed by atoms with E-state index in [1.165, 1.54) is 55.6 Å².